The molecule has 0 aliphatic rings. The van der Waals surface area contributed by atoms with E-state index in [9.17, 15) is 9.90 Å². The number of ketones is 1. The van der Waals surface area contributed by atoms with Gasteiger partial charge in [-0.2, -0.15) is 0 Å². The zero-order valence-corrected chi connectivity index (χ0v) is 8.93. The molecule has 0 unspecified atom stereocenters. The molecule has 0 heterocycles. The SMILES string of the molecule is CC(C)(C)C(=O)[C@@H](O)C(C)(C)C. The maximum Gasteiger partial charge on any atom is 0.167 e. The van der Waals surface area contributed by atoms with E-state index in [0.29, 0.717) is 0 Å². The second-order valence-corrected chi connectivity index (χ2v) is 5.38. The minimum atomic E-state index is -0.863. The first kappa shape index (κ1) is 11.6. The summed E-state index contributed by atoms with van der Waals surface area (Å²) in [6.07, 6.45) is -0.863. The van der Waals surface area contributed by atoms with Crippen molar-refractivity contribution in [3.8, 4) is 0 Å². The Morgan fingerprint density at radius 3 is 1.50 bits per heavy atom. The Hall–Kier alpha value is -0.370. The minimum Gasteiger partial charge on any atom is -0.385 e. The molecule has 2 nitrogen and oxygen atoms in total. The van der Waals surface area contributed by atoms with E-state index < -0.39 is 11.5 Å². The fraction of sp³-hybridized carbons (Fsp3) is 0.900. The molecule has 0 saturated carbocycles. The molecule has 0 spiro atoms. The van der Waals surface area contributed by atoms with Gasteiger partial charge >= 0.3 is 0 Å². The van der Waals surface area contributed by atoms with Crippen LogP contribution in [0.15, 0.2) is 0 Å². The monoisotopic (exact) mass is 172 g/mol. The zero-order valence-electron chi connectivity index (χ0n) is 8.93. The van der Waals surface area contributed by atoms with Crippen LogP contribution in [-0.4, -0.2) is 17.0 Å². The smallest absolute Gasteiger partial charge is 0.167 e. The van der Waals surface area contributed by atoms with Crippen molar-refractivity contribution in [2.45, 2.75) is 47.6 Å². The van der Waals surface area contributed by atoms with Crippen LogP contribution in [0.25, 0.3) is 0 Å². The molecule has 0 aromatic rings. The van der Waals surface area contributed by atoms with Gasteiger partial charge in [-0.25, -0.2) is 0 Å². The van der Waals surface area contributed by atoms with E-state index in [0.717, 1.165) is 0 Å². The van der Waals surface area contributed by atoms with Crippen LogP contribution in [0.5, 0.6) is 0 Å². The summed E-state index contributed by atoms with van der Waals surface area (Å²) in [6.45, 7) is 11.1. The van der Waals surface area contributed by atoms with Crippen molar-refractivity contribution in [3.05, 3.63) is 0 Å². The first-order valence-corrected chi connectivity index (χ1v) is 4.29. The molecule has 0 aliphatic carbocycles. The zero-order chi connectivity index (χ0) is 10.2. The lowest BCUT2D eigenvalue weighted by molar-refractivity contribution is -0.140. The lowest BCUT2D eigenvalue weighted by atomic mass is 9.78. The maximum atomic E-state index is 11.6. The summed E-state index contributed by atoms with van der Waals surface area (Å²) >= 11 is 0. The third kappa shape index (κ3) is 2.94. The lowest BCUT2D eigenvalue weighted by Crippen LogP contribution is -2.40. The summed E-state index contributed by atoms with van der Waals surface area (Å²) in [5.74, 6) is -0.0880. The van der Waals surface area contributed by atoms with Crippen LogP contribution in [0, 0.1) is 10.8 Å². The molecule has 0 amide bonds. The Morgan fingerprint density at radius 2 is 1.42 bits per heavy atom. The van der Waals surface area contributed by atoms with Gasteiger partial charge in [0.25, 0.3) is 0 Å². The number of hydrogen-bond donors (Lipinski definition) is 1. The molecule has 72 valence electrons. The van der Waals surface area contributed by atoms with Gasteiger partial charge in [0.2, 0.25) is 0 Å². The largest absolute Gasteiger partial charge is 0.385 e. The number of aliphatic hydroxyl groups excluding tert-OH is 1. The number of rotatable bonds is 1. The lowest BCUT2D eigenvalue weighted by Gasteiger charge is -2.29. The summed E-state index contributed by atoms with van der Waals surface area (Å²) in [5.41, 5.74) is -0.808. The van der Waals surface area contributed by atoms with Crippen LogP contribution in [0.4, 0.5) is 0 Å². The van der Waals surface area contributed by atoms with E-state index >= 15 is 0 Å². The highest BCUT2D eigenvalue weighted by Gasteiger charge is 2.35. The fourth-order valence-electron chi connectivity index (χ4n) is 0.803. The van der Waals surface area contributed by atoms with Crippen molar-refractivity contribution in [2.24, 2.45) is 10.8 Å². The van der Waals surface area contributed by atoms with Crippen molar-refractivity contribution in [3.63, 3.8) is 0 Å². The van der Waals surface area contributed by atoms with Crippen LogP contribution in [-0.2, 0) is 4.79 Å². The van der Waals surface area contributed by atoms with E-state index in [1.807, 2.05) is 41.5 Å². The molecule has 0 aliphatic heterocycles. The summed E-state index contributed by atoms with van der Waals surface area (Å²) in [6, 6.07) is 0. The van der Waals surface area contributed by atoms with E-state index in [1.54, 1.807) is 0 Å². The summed E-state index contributed by atoms with van der Waals surface area (Å²) in [5, 5.41) is 9.64. The van der Waals surface area contributed by atoms with E-state index in [1.165, 1.54) is 0 Å². The molecule has 1 N–H and O–H groups in total. The van der Waals surface area contributed by atoms with Gasteiger partial charge in [-0.3, -0.25) is 4.79 Å². The van der Waals surface area contributed by atoms with Gasteiger partial charge in [-0.05, 0) is 5.41 Å². The molecular weight excluding hydrogens is 152 g/mol. The van der Waals surface area contributed by atoms with Crippen LogP contribution < -0.4 is 0 Å². The molecular formula is C10H20O2. The van der Waals surface area contributed by atoms with Crippen LogP contribution in [0.3, 0.4) is 0 Å². The highest BCUT2D eigenvalue weighted by atomic mass is 16.3. The van der Waals surface area contributed by atoms with E-state index in [4.69, 9.17) is 0 Å². The van der Waals surface area contributed by atoms with Gasteiger partial charge in [-0.1, -0.05) is 41.5 Å². The fourth-order valence-corrected chi connectivity index (χ4v) is 0.803. The third-order valence-corrected chi connectivity index (χ3v) is 1.81. The highest BCUT2D eigenvalue weighted by Crippen LogP contribution is 2.27. The van der Waals surface area contributed by atoms with Crippen molar-refractivity contribution in [1.29, 1.82) is 0 Å². The standard InChI is InChI=1S/C10H20O2/c1-9(2,3)7(11)8(12)10(4,5)6/h7,11H,1-6H3/t7-/m1/s1. The molecule has 0 bridgehead atoms. The average molecular weight is 172 g/mol. The summed E-state index contributed by atoms with van der Waals surface area (Å²) in [4.78, 5) is 11.6. The second kappa shape index (κ2) is 3.17. The average Bonchev–Trinajstić information content (AvgIpc) is 1.80. The number of Topliss-reactive ketones (excluding diaryl/α,β-unsaturated/α-hetero) is 1. The Morgan fingerprint density at radius 1 is 1.08 bits per heavy atom. The Kier molecular flexibility index (Phi) is 3.07. The van der Waals surface area contributed by atoms with Crippen molar-refractivity contribution < 1.29 is 9.90 Å². The molecule has 0 aromatic heterocycles. The second-order valence-electron chi connectivity index (χ2n) is 5.38. The molecule has 0 radical (unpaired) electrons. The van der Waals surface area contributed by atoms with E-state index in [-0.39, 0.29) is 11.2 Å². The van der Waals surface area contributed by atoms with Gasteiger partial charge in [0, 0.05) is 5.41 Å². The third-order valence-electron chi connectivity index (χ3n) is 1.81. The quantitative estimate of drug-likeness (QED) is 0.657. The van der Waals surface area contributed by atoms with Crippen LogP contribution >= 0.6 is 0 Å². The van der Waals surface area contributed by atoms with Gasteiger partial charge in [-0.15, -0.1) is 0 Å². The molecule has 12 heavy (non-hydrogen) atoms. The maximum absolute atomic E-state index is 11.6. The number of aliphatic hydroxyl groups is 1. The normalized spacial score (nSPS) is 15.9. The van der Waals surface area contributed by atoms with Gasteiger partial charge in [0.1, 0.15) is 6.10 Å². The first-order valence-electron chi connectivity index (χ1n) is 4.29. The highest BCUT2D eigenvalue weighted by molar-refractivity contribution is 5.88. The van der Waals surface area contributed by atoms with Crippen molar-refractivity contribution in [1.82, 2.24) is 0 Å². The molecule has 0 rings (SSSR count). The number of carbonyl (C=O) groups excluding carboxylic acids is 1. The predicted molar refractivity (Wildman–Crippen MR) is 49.9 cm³/mol. The minimum absolute atomic E-state index is 0.0880. The molecule has 0 saturated heterocycles. The molecule has 2 heteroatoms. The number of carbonyl (C=O) groups is 1. The molecule has 1 atom stereocenters. The van der Waals surface area contributed by atoms with Gasteiger partial charge in [0.15, 0.2) is 5.78 Å². The van der Waals surface area contributed by atoms with Gasteiger partial charge in [0.05, 0.1) is 0 Å². The first-order chi connectivity index (χ1) is 5.07. The van der Waals surface area contributed by atoms with Crippen LogP contribution in [0.1, 0.15) is 41.5 Å². The molecule has 0 aromatic carbocycles. The number of hydrogen-bond acceptors (Lipinski definition) is 2. The predicted octanol–water partition coefficient (Wildman–Crippen LogP) is 2.01. The Labute approximate surface area is 75.0 Å². The summed E-state index contributed by atoms with van der Waals surface area (Å²) < 4.78 is 0. The summed E-state index contributed by atoms with van der Waals surface area (Å²) in [7, 11) is 0. The Bertz CT molecular complexity index is 169. The Balaban J connectivity index is 4.53. The van der Waals surface area contributed by atoms with Crippen molar-refractivity contribution >= 4 is 5.78 Å². The molecule has 0 fully saturated rings. The van der Waals surface area contributed by atoms with Gasteiger partial charge < -0.3 is 5.11 Å². The van der Waals surface area contributed by atoms with Crippen LogP contribution in [0.2, 0.25) is 0 Å². The topological polar surface area (TPSA) is 37.3 Å². The van der Waals surface area contributed by atoms with E-state index in [2.05, 4.69) is 0 Å². The van der Waals surface area contributed by atoms with Crippen molar-refractivity contribution in [2.75, 3.05) is 0 Å².